The standard InChI is InChI=1S/C31H38N6O4/c1-2-32-30(39)34-25-15-9-10-16-26(25)37-21-33-27(28(37)23-13-7-4-8-14-23)29(38)36-18-17-35(31(40)41)20-24(36)19-22-11-5-3-6-12-22/h3-8,11-14,21,24-26H,2,9-10,15-20H2,1H3,(H,40,41)(H2,32,34,39)/t24-,25-,26+/m1/s1. The summed E-state index contributed by atoms with van der Waals surface area (Å²) in [5.74, 6) is -0.211. The smallest absolute Gasteiger partial charge is 0.407 e. The zero-order chi connectivity index (χ0) is 28.8. The summed E-state index contributed by atoms with van der Waals surface area (Å²) >= 11 is 0. The number of carbonyl (C=O) groups excluding carboxylic acids is 2. The molecule has 216 valence electrons. The highest BCUT2D eigenvalue weighted by molar-refractivity contribution is 5.98. The number of nitrogens with zero attached hydrogens (tertiary/aromatic N) is 4. The first-order valence-corrected chi connectivity index (χ1v) is 14.5. The van der Waals surface area contributed by atoms with Gasteiger partial charge in [-0.1, -0.05) is 73.5 Å². The molecule has 1 aliphatic heterocycles. The summed E-state index contributed by atoms with van der Waals surface area (Å²) in [7, 11) is 0. The number of benzene rings is 2. The minimum Gasteiger partial charge on any atom is -0.465 e. The molecule has 2 heterocycles. The van der Waals surface area contributed by atoms with Crippen LogP contribution in [0.5, 0.6) is 0 Å². The van der Waals surface area contributed by atoms with Crippen LogP contribution in [0.3, 0.4) is 0 Å². The number of carboxylic acid groups (broad SMARTS) is 1. The lowest BCUT2D eigenvalue weighted by Crippen LogP contribution is -2.57. The molecule has 41 heavy (non-hydrogen) atoms. The highest BCUT2D eigenvalue weighted by Crippen LogP contribution is 2.35. The van der Waals surface area contributed by atoms with Crippen LogP contribution >= 0.6 is 0 Å². The molecule has 4 amide bonds. The van der Waals surface area contributed by atoms with E-state index >= 15 is 0 Å². The first kappa shape index (κ1) is 28.2. The van der Waals surface area contributed by atoms with Crippen molar-refractivity contribution in [2.75, 3.05) is 26.2 Å². The van der Waals surface area contributed by atoms with E-state index in [9.17, 15) is 19.5 Å². The van der Waals surface area contributed by atoms with Crippen LogP contribution in [0.15, 0.2) is 67.0 Å². The minimum absolute atomic E-state index is 0.0559. The van der Waals surface area contributed by atoms with Gasteiger partial charge in [0.15, 0.2) is 5.69 Å². The van der Waals surface area contributed by atoms with Crippen molar-refractivity contribution in [1.29, 1.82) is 0 Å². The summed E-state index contributed by atoms with van der Waals surface area (Å²) in [5.41, 5.74) is 2.99. The summed E-state index contributed by atoms with van der Waals surface area (Å²) in [5, 5.41) is 15.7. The highest BCUT2D eigenvalue weighted by Gasteiger charge is 2.37. The van der Waals surface area contributed by atoms with Crippen molar-refractivity contribution >= 4 is 18.0 Å². The Hall–Kier alpha value is -4.34. The molecule has 1 aromatic heterocycles. The summed E-state index contributed by atoms with van der Waals surface area (Å²) in [6, 6.07) is 18.9. The van der Waals surface area contributed by atoms with E-state index in [0.717, 1.165) is 42.5 Å². The molecule has 0 unspecified atom stereocenters. The van der Waals surface area contributed by atoms with E-state index in [0.29, 0.717) is 18.7 Å². The van der Waals surface area contributed by atoms with E-state index in [1.807, 2.05) is 67.6 Å². The first-order valence-electron chi connectivity index (χ1n) is 14.5. The molecule has 1 saturated heterocycles. The van der Waals surface area contributed by atoms with Crippen molar-refractivity contribution in [3.05, 3.63) is 78.2 Å². The van der Waals surface area contributed by atoms with E-state index in [-0.39, 0.29) is 49.7 Å². The Morgan fingerprint density at radius 2 is 1.68 bits per heavy atom. The van der Waals surface area contributed by atoms with Crippen molar-refractivity contribution in [3.63, 3.8) is 0 Å². The fourth-order valence-corrected chi connectivity index (χ4v) is 6.14. The van der Waals surface area contributed by atoms with Gasteiger partial charge in [0.05, 0.1) is 30.1 Å². The lowest BCUT2D eigenvalue weighted by Gasteiger charge is -2.40. The Labute approximate surface area is 240 Å². The van der Waals surface area contributed by atoms with Crippen LogP contribution in [-0.2, 0) is 6.42 Å². The third kappa shape index (κ3) is 6.37. The molecule has 3 aromatic rings. The number of nitrogens with one attached hydrogen (secondary N) is 2. The summed E-state index contributed by atoms with van der Waals surface area (Å²) in [6.07, 6.45) is 5.03. The lowest BCUT2D eigenvalue weighted by atomic mass is 9.89. The summed E-state index contributed by atoms with van der Waals surface area (Å²) in [6.45, 7) is 3.20. The van der Waals surface area contributed by atoms with Crippen LogP contribution in [0.1, 0.15) is 54.7 Å². The second-order valence-electron chi connectivity index (χ2n) is 10.7. The van der Waals surface area contributed by atoms with Crippen LogP contribution in [0, 0.1) is 0 Å². The molecule has 3 atom stereocenters. The minimum atomic E-state index is -0.979. The van der Waals surface area contributed by atoms with Crippen LogP contribution in [-0.4, -0.2) is 80.8 Å². The normalized spacial score (nSPS) is 20.9. The number of hydrogen-bond donors (Lipinski definition) is 3. The maximum atomic E-state index is 14.3. The Morgan fingerprint density at radius 3 is 2.39 bits per heavy atom. The second kappa shape index (κ2) is 12.9. The molecule has 0 bridgehead atoms. The number of piperazine rings is 1. The first-order chi connectivity index (χ1) is 20.0. The molecule has 3 N–H and O–H groups in total. The number of aromatic nitrogens is 2. The van der Waals surface area contributed by atoms with Gasteiger partial charge in [0.1, 0.15) is 0 Å². The fourth-order valence-electron chi connectivity index (χ4n) is 6.14. The molecule has 1 saturated carbocycles. The van der Waals surface area contributed by atoms with Crippen molar-refractivity contribution in [2.24, 2.45) is 0 Å². The SMILES string of the molecule is CCNC(=O)N[C@@H]1CCCC[C@@H]1n1cnc(C(=O)N2CCN(C(=O)O)C[C@H]2Cc2ccccc2)c1-c1ccccc1. The van der Waals surface area contributed by atoms with Crippen LogP contribution in [0.2, 0.25) is 0 Å². The topological polar surface area (TPSA) is 120 Å². The average Bonchev–Trinajstić information content (AvgIpc) is 3.43. The van der Waals surface area contributed by atoms with Crippen LogP contribution in [0.25, 0.3) is 11.3 Å². The van der Waals surface area contributed by atoms with Gasteiger partial charge in [-0.2, -0.15) is 0 Å². The maximum absolute atomic E-state index is 14.3. The molecule has 2 aliphatic rings. The average molecular weight is 559 g/mol. The third-order valence-electron chi connectivity index (χ3n) is 8.11. The molecule has 0 spiro atoms. The van der Waals surface area contributed by atoms with E-state index in [2.05, 4.69) is 15.2 Å². The van der Waals surface area contributed by atoms with Gasteiger partial charge in [-0.05, 0) is 31.7 Å². The maximum Gasteiger partial charge on any atom is 0.407 e. The van der Waals surface area contributed by atoms with Gasteiger partial charge < -0.3 is 30.1 Å². The lowest BCUT2D eigenvalue weighted by molar-refractivity contribution is 0.0447. The van der Waals surface area contributed by atoms with Crippen LogP contribution in [0.4, 0.5) is 9.59 Å². The number of imidazole rings is 1. The number of carbonyl (C=O) groups is 3. The van der Waals surface area contributed by atoms with Crippen molar-refractivity contribution in [1.82, 2.24) is 30.0 Å². The fraction of sp³-hybridized carbons (Fsp3) is 0.419. The Morgan fingerprint density at radius 1 is 0.976 bits per heavy atom. The van der Waals surface area contributed by atoms with Gasteiger partial charge in [0, 0.05) is 31.7 Å². The van der Waals surface area contributed by atoms with Crippen molar-refractivity contribution < 1.29 is 19.5 Å². The molecule has 2 fully saturated rings. The molecule has 10 nitrogen and oxygen atoms in total. The number of hydrogen-bond acceptors (Lipinski definition) is 4. The largest absolute Gasteiger partial charge is 0.465 e. The van der Waals surface area contributed by atoms with Gasteiger partial charge in [-0.3, -0.25) is 4.79 Å². The Kier molecular flexibility index (Phi) is 8.86. The molecule has 5 rings (SSSR count). The highest BCUT2D eigenvalue weighted by atomic mass is 16.4. The quantitative estimate of drug-likeness (QED) is 0.397. The predicted molar refractivity (Wildman–Crippen MR) is 156 cm³/mol. The third-order valence-corrected chi connectivity index (χ3v) is 8.11. The summed E-state index contributed by atoms with van der Waals surface area (Å²) < 4.78 is 2.07. The van der Waals surface area contributed by atoms with E-state index in [1.165, 1.54) is 4.90 Å². The Bertz CT molecular complexity index is 1350. The molecule has 2 aromatic carbocycles. The van der Waals surface area contributed by atoms with Crippen molar-refractivity contribution in [3.8, 4) is 11.3 Å². The van der Waals surface area contributed by atoms with Gasteiger partial charge in [0.2, 0.25) is 0 Å². The van der Waals surface area contributed by atoms with E-state index in [4.69, 9.17) is 4.98 Å². The molecule has 0 radical (unpaired) electrons. The van der Waals surface area contributed by atoms with Gasteiger partial charge in [-0.15, -0.1) is 0 Å². The molecular formula is C31H38N6O4. The Balaban J connectivity index is 1.50. The van der Waals surface area contributed by atoms with E-state index < -0.39 is 6.09 Å². The van der Waals surface area contributed by atoms with Gasteiger partial charge in [0.25, 0.3) is 5.91 Å². The summed E-state index contributed by atoms with van der Waals surface area (Å²) in [4.78, 5) is 46.5. The molecule has 1 aliphatic carbocycles. The zero-order valence-corrected chi connectivity index (χ0v) is 23.4. The molecular weight excluding hydrogens is 520 g/mol. The predicted octanol–water partition coefficient (Wildman–Crippen LogP) is 4.40. The number of amides is 4. The molecule has 10 heteroatoms. The van der Waals surface area contributed by atoms with Gasteiger partial charge in [-0.25, -0.2) is 14.6 Å². The second-order valence-corrected chi connectivity index (χ2v) is 10.7. The zero-order valence-electron chi connectivity index (χ0n) is 23.4. The number of urea groups is 1. The number of rotatable bonds is 7. The van der Waals surface area contributed by atoms with Crippen LogP contribution < -0.4 is 10.6 Å². The van der Waals surface area contributed by atoms with E-state index in [1.54, 1.807) is 11.2 Å². The monoisotopic (exact) mass is 558 g/mol. The van der Waals surface area contributed by atoms with Gasteiger partial charge >= 0.3 is 12.1 Å². The van der Waals surface area contributed by atoms with Crippen molar-refractivity contribution in [2.45, 2.75) is 57.2 Å².